The van der Waals surface area contributed by atoms with Gasteiger partial charge in [0.25, 0.3) is 0 Å². The van der Waals surface area contributed by atoms with E-state index in [0.717, 1.165) is 36.6 Å². The summed E-state index contributed by atoms with van der Waals surface area (Å²) in [5, 5.41) is 0.766. The molecule has 1 aromatic heterocycles. The molecule has 1 fully saturated rings. The molecule has 1 atom stereocenters. The van der Waals surface area contributed by atoms with Crippen molar-refractivity contribution in [1.29, 1.82) is 0 Å². The van der Waals surface area contributed by atoms with Gasteiger partial charge in [0.15, 0.2) is 5.78 Å². The summed E-state index contributed by atoms with van der Waals surface area (Å²) in [5.41, 5.74) is 3.60. The molecule has 1 unspecified atom stereocenters. The number of fused-ring (bicyclic) bond motifs is 1. The van der Waals surface area contributed by atoms with Gasteiger partial charge in [-0.05, 0) is 44.4 Å². The lowest BCUT2D eigenvalue weighted by Gasteiger charge is -2.18. The first kappa shape index (κ1) is 11.4. The summed E-state index contributed by atoms with van der Waals surface area (Å²) in [4.78, 5) is 11.9. The van der Waals surface area contributed by atoms with Crippen LogP contribution in [-0.2, 0) is 13.0 Å². The Labute approximate surface area is 107 Å². The SMILES string of the molecule is Cc1cc2c(n1CC1CCCS1)CCCC2=O. The Kier molecular flexibility index (Phi) is 3.03. The topological polar surface area (TPSA) is 22.0 Å². The fourth-order valence-electron chi connectivity index (χ4n) is 3.04. The number of thioether (sulfide) groups is 1. The molecular weight excluding hydrogens is 230 g/mol. The van der Waals surface area contributed by atoms with Gasteiger partial charge in [-0.2, -0.15) is 11.8 Å². The molecule has 1 saturated heterocycles. The van der Waals surface area contributed by atoms with Crippen LogP contribution in [0.15, 0.2) is 6.07 Å². The number of aromatic nitrogens is 1. The molecule has 3 heteroatoms. The van der Waals surface area contributed by atoms with E-state index in [0.29, 0.717) is 5.78 Å². The summed E-state index contributed by atoms with van der Waals surface area (Å²) in [6, 6.07) is 2.11. The molecule has 2 heterocycles. The van der Waals surface area contributed by atoms with Crippen molar-refractivity contribution in [3.8, 4) is 0 Å². The third kappa shape index (κ3) is 2.05. The summed E-state index contributed by atoms with van der Waals surface area (Å²) < 4.78 is 2.41. The van der Waals surface area contributed by atoms with Crippen molar-refractivity contribution in [2.75, 3.05) is 5.75 Å². The first-order chi connectivity index (χ1) is 8.25. The Hall–Kier alpha value is -0.700. The standard InChI is InChI=1S/C14H19NOS/c1-10-8-12-13(5-2-6-14(12)16)15(10)9-11-4-3-7-17-11/h8,11H,2-7,9H2,1H3. The van der Waals surface area contributed by atoms with Gasteiger partial charge in [-0.3, -0.25) is 4.79 Å². The Bertz CT molecular complexity index is 443. The normalized spacial score (nSPS) is 24.1. The summed E-state index contributed by atoms with van der Waals surface area (Å²) in [6.07, 6.45) is 5.57. The van der Waals surface area contributed by atoms with Gasteiger partial charge in [0.1, 0.15) is 0 Å². The minimum Gasteiger partial charge on any atom is -0.347 e. The van der Waals surface area contributed by atoms with Crippen molar-refractivity contribution < 1.29 is 4.79 Å². The van der Waals surface area contributed by atoms with Crippen LogP contribution in [0.5, 0.6) is 0 Å². The van der Waals surface area contributed by atoms with Crippen molar-refractivity contribution in [1.82, 2.24) is 4.57 Å². The van der Waals surface area contributed by atoms with Crippen molar-refractivity contribution in [3.63, 3.8) is 0 Å². The van der Waals surface area contributed by atoms with Gasteiger partial charge >= 0.3 is 0 Å². The highest BCUT2D eigenvalue weighted by Crippen LogP contribution is 2.31. The number of ketones is 1. The Morgan fingerprint density at radius 2 is 2.29 bits per heavy atom. The lowest BCUT2D eigenvalue weighted by Crippen LogP contribution is -2.17. The third-order valence-corrected chi connectivity index (χ3v) is 5.32. The maximum atomic E-state index is 11.9. The monoisotopic (exact) mass is 249 g/mol. The van der Waals surface area contributed by atoms with Crippen LogP contribution in [0.25, 0.3) is 0 Å². The number of carbonyl (C=O) groups excluding carboxylic acids is 1. The maximum absolute atomic E-state index is 11.9. The van der Waals surface area contributed by atoms with Crippen LogP contribution < -0.4 is 0 Å². The maximum Gasteiger partial charge on any atom is 0.164 e. The zero-order valence-corrected chi connectivity index (χ0v) is 11.2. The molecule has 2 nitrogen and oxygen atoms in total. The molecule has 1 aliphatic heterocycles. The minimum absolute atomic E-state index is 0.354. The molecule has 92 valence electrons. The highest BCUT2D eigenvalue weighted by molar-refractivity contribution is 8.00. The Balaban J connectivity index is 1.90. The first-order valence-electron chi connectivity index (χ1n) is 6.59. The molecule has 0 N–H and O–H groups in total. The molecule has 0 saturated carbocycles. The molecule has 0 aromatic carbocycles. The van der Waals surface area contributed by atoms with E-state index in [1.54, 1.807) is 0 Å². The molecule has 0 spiro atoms. The van der Waals surface area contributed by atoms with Gasteiger partial charge in [0.05, 0.1) is 0 Å². The van der Waals surface area contributed by atoms with E-state index in [2.05, 4.69) is 29.3 Å². The predicted octanol–water partition coefficient (Wildman–Crippen LogP) is 3.21. The van der Waals surface area contributed by atoms with Gasteiger partial charge in [-0.15, -0.1) is 0 Å². The summed E-state index contributed by atoms with van der Waals surface area (Å²) >= 11 is 2.10. The van der Waals surface area contributed by atoms with Gasteiger partial charge in [0, 0.05) is 35.2 Å². The van der Waals surface area contributed by atoms with Crippen molar-refractivity contribution >= 4 is 17.5 Å². The number of nitrogens with zero attached hydrogens (tertiary/aromatic N) is 1. The zero-order chi connectivity index (χ0) is 11.8. The van der Waals surface area contributed by atoms with Gasteiger partial charge in [-0.25, -0.2) is 0 Å². The second kappa shape index (κ2) is 4.52. The summed E-state index contributed by atoms with van der Waals surface area (Å²) in [6.45, 7) is 3.25. The van der Waals surface area contributed by atoms with Crippen molar-refractivity contribution in [2.24, 2.45) is 0 Å². The van der Waals surface area contributed by atoms with Crippen LogP contribution in [0.4, 0.5) is 0 Å². The smallest absolute Gasteiger partial charge is 0.164 e. The summed E-state index contributed by atoms with van der Waals surface area (Å²) in [5.74, 6) is 1.67. The average Bonchev–Trinajstić information content (AvgIpc) is 2.91. The van der Waals surface area contributed by atoms with E-state index in [-0.39, 0.29) is 0 Å². The second-order valence-electron chi connectivity index (χ2n) is 5.17. The average molecular weight is 249 g/mol. The van der Waals surface area contributed by atoms with E-state index < -0.39 is 0 Å². The number of Topliss-reactive ketones (excluding diaryl/α,β-unsaturated/α-hetero) is 1. The van der Waals surface area contributed by atoms with E-state index in [1.165, 1.54) is 30.0 Å². The number of hydrogen-bond acceptors (Lipinski definition) is 2. The van der Waals surface area contributed by atoms with E-state index in [9.17, 15) is 4.79 Å². The predicted molar refractivity (Wildman–Crippen MR) is 71.9 cm³/mol. The molecule has 0 bridgehead atoms. The third-order valence-electron chi connectivity index (χ3n) is 3.94. The van der Waals surface area contributed by atoms with E-state index >= 15 is 0 Å². The van der Waals surface area contributed by atoms with Crippen LogP contribution in [-0.4, -0.2) is 21.4 Å². The summed E-state index contributed by atoms with van der Waals surface area (Å²) in [7, 11) is 0. The fraction of sp³-hybridized carbons (Fsp3) is 0.643. The van der Waals surface area contributed by atoms with Gasteiger partial charge < -0.3 is 4.57 Å². The molecule has 3 rings (SSSR count). The number of aryl methyl sites for hydroxylation is 1. The molecule has 2 aliphatic rings. The van der Waals surface area contributed by atoms with Crippen LogP contribution in [0.3, 0.4) is 0 Å². The van der Waals surface area contributed by atoms with Gasteiger partial charge in [0.2, 0.25) is 0 Å². The van der Waals surface area contributed by atoms with Crippen molar-refractivity contribution in [3.05, 3.63) is 23.0 Å². The number of carbonyl (C=O) groups is 1. The molecule has 17 heavy (non-hydrogen) atoms. The molecule has 1 aromatic rings. The first-order valence-corrected chi connectivity index (χ1v) is 7.64. The zero-order valence-electron chi connectivity index (χ0n) is 10.4. The molecule has 1 aliphatic carbocycles. The van der Waals surface area contributed by atoms with E-state index in [4.69, 9.17) is 0 Å². The van der Waals surface area contributed by atoms with E-state index in [1.807, 2.05) is 0 Å². The lowest BCUT2D eigenvalue weighted by molar-refractivity contribution is 0.0971. The lowest BCUT2D eigenvalue weighted by atomic mass is 9.96. The Morgan fingerprint density at radius 3 is 3.06 bits per heavy atom. The fourth-order valence-corrected chi connectivity index (χ4v) is 4.29. The highest BCUT2D eigenvalue weighted by Gasteiger charge is 2.24. The largest absolute Gasteiger partial charge is 0.347 e. The molecule has 0 amide bonds. The number of hydrogen-bond donors (Lipinski definition) is 0. The molecular formula is C14H19NOS. The quantitative estimate of drug-likeness (QED) is 0.803. The van der Waals surface area contributed by atoms with Crippen LogP contribution in [0, 0.1) is 6.92 Å². The molecule has 0 radical (unpaired) electrons. The van der Waals surface area contributed by atoms with Gasteiger partial charge in [-0.1, -0.05) is 0 Å². The van der Waals surface area contributed by atoms with Crippen LogP contribution in [0.1, 0.15) is 47.4 Å². The van der Waals surface area contributed by atoms with Crippen molar-refractivity contribution in [2.45, 2.75) is 50.8 Å². The van der Waals surface area contributed by atoms with Crippen LogP contribution >= 0.6 is 11.8 Å². The highest BCUT2D eigenvalue weighted by atomic mass is 32.2. The second-order valence-corrected chi connectivity index (χ2v) is 6.58. The minimum atomic E-state index is 0.354. The van der Waals surface area contributed by atoms with Crippen LogP contribution in [0.2, 0.25) is 0 Å². The number of rotatable bonds is 2. The Morgan fingerprint density at radius 1 is 1.41 bits per heavy atom.